The van der Waals surface area contributed by atoms with Crippen LogP contribution in [0.15, 0.2) is 44.7 Å². The molecule has 1 aliphatic carbocycles. The van der Waals surface area contributed by atoms with Crippen molar-refractivity contribution in [2.45, 2.75) is 103 Å². The van der Waals surface area contributed by atoms with Crippen molar-refractivity contribution < 1.29 is 28.5 Å². The fourth-order valence-electron chi connectivity index (χ4n) is 6.07. The highest BCUT2D eigenvalue weighted by Crippen LogP contribution is 2.40. The molecule has 0 N–H and O–H groups in total. The smallest absolute Gasteiger partial charge is 0.194 e. The van der Waals surface area contributed by atoms with E-state index < -0.39 is 0 Å². The van der Waals surface area contributed by atoms with Crippen LogP contribution < -0.4 is 18.9 Å². The van der Waals surface area contributed by atoms with Gasteiger partial charge < -0.3 is 18.9 Å². The van der Waals surface area contributed by atoms with Crippen LogP contribution >= 0.6 is 0 Å². The molecule has 56 heavy (non-hydrogen) atoms. The van der Waals surface area contributed by atoms with Crippen LogP contribution in [0.25, 0.3) is 41.8 Å². The zero-order chi connectivity index (χ0) is 40.1. The van der Waals surface area contributed by atoms with Gasteiger partial charge >= 0.3 is 0 Å². The molecule has 0 heterocycles. The van der Waals surface area contributed by atoms with Gasteiger partial charge in [0.1, 0.15) is 0 Å². The molecule has 300 valence electrons. The average molecular weight is 773 g/mol. The van der Waals surface area contributed by atoms with E-state index in [2.05, 4.69) is 40.1 Å². The quantitative estimate of drug-likeness (QED) is 0.0257. The third kappa shape index (κ3) is 15.9. The largest absolute Gasteiger partial charge is 0.490 e. The molecule has 0 unspecified atom stereocenters. The summed E-state index contributed by atoms with van der Waals surface area (Å²) in [5, 5.41) is 14.3. The minimum Gasteiger partial charge on any atom is -0.490 e. The fraction of sp³-hybridized carbons (Fsp3) is 0.632. The molecule has 1 aliphatic rings. The maximum atomic E-state index is 14.1. The monoisotopic (exact) mass is 772 g/mol. The zero-order valence-electron chi connectivity index (χ0n) is 32.1. The first-order chi connectivity index (χ1) is 27.5. The van der Waals surface area contributed by atoms with Crippen LogP contribution in [0.3, 0.4) is 0 Å². The topological polar surface area (TPSA) is 266 Å². The van der Waals surface area contributed by atoms with E-state index in [1.807, 2.05) is 0 Å². The number of unbranched alkanes of at least 4 members (excludes halogenated alkanes) is 12. The Morgan fingerprint density at radius 1 is 0.357 bits per heavy atom. The molecular weight excluding hydrogens is 720 g/mol. The number of ether oxygens (including phenoxy) is 4. The fourth-order valence-corrected chi connectivity index (χ4v) is 6.07. The van der Waals surface area contributed by atoms with Gasteiger partial charge in [-0.1, -0.05) is 71.8 Å². The first kappa shape index (κ1) is 44.6. The predicted octanol–water partition coefficient (Wildman–Crippen LogP) is 11.5. The van der Waals surface area contributed by atoms with E-state index >= 15 is 0 Å². The summed E-state index contributed by atoms with van der Waals surface area (Å²) in [5.74, 6) is 0.838. The molecule has 0 atom stereocenters. The van der Waals surface area contributed by atoms with Gasteiger partial charge in [0.05, 0.1) is 26.4 Å². The van der Waals surface area contributed by atoms with Crippen molar-refractivity contribution >= 4 is 11.6 Å². The van der Waals surface area contributed by atoms with E-state index in [-0.39, 0.29) is 33.8 Å². The normalized spacial score (nSPS) is 11.2. The number of benzene rings is 2. The number of hydrogen-bond acceptors (Lipinski definition) is 10. The lowest BCUT2D eigenvalue weighted by molar-refractivity contribution is 0.0977. The van der Waals surface area contributed by atoms with E-state index in [1.54, 1.807) is 24.3 Å². The number of ketones is 2. The molecular formula is C38H52N12O6. The van der Waals surface area contributed by atoms with Crippen molar-refractivity contribution in [1.82, 2.24) is 0 Å². The van der Waals surface area contributed by atoms with Gasteiger partial charge in [-0.3, -0.25) is 9.59 Å². The maximum Gasteiger partial charge on any atom is 0.194 e. The lowest BCUT2D eigenvalue weighted by Gasteiger charge is -2.23. The first-order valence-electron chi connectivity index (χ1n) is 19.6. The van der Waals surface area contributed by atoms with Crippen LogP contribution in [0.5, 0.6) is 23.0 Å². The minimum absolute atomic E-state index is 0.220. The van der Waals surface area contributed by atoms with Crippen LogP contribution in [0, 0.1) is 0 Å². The van der Waals surface area contributed by atoms with E-state index in [0.717, 1.165) is 103 Å². The summed E-state index contributed by atoms with van der Waals surface area (Å²) in [6.07, 6.45) is 13.1. The molecule has 2 aromatic rings. The van der Waals surface area contributed by atoms with Crippen molar-refractivity contribution in [3.8, 4) is 23.0 Å². The maximum absolute atomic E-state index is 14.1. The Bertz CT molecular complexity index is 1510. The van der Waals surface area contributed by atoms with Crippen molar-refractivity contribution in [2.24, 2.45) is 20.5 Å². The molecule has 18 heteroatoms. The van der Waals surface area contributed by atoms with Crippen molar-refractivity contribution in [1.29, 1.82) is 0 Å². The number of carbonyl (C=O) groups excluding carboxylic acids is 2. The summed E-state index contributed by atoms with van der Waals surface area (Å²) >= 11 is 0. The Morgan fingerprint density at radius 3 is 0.786 bits per heavy atom. The number of azide groups is 4. The molecule has 18 nitrogen and oxygen atoms in total. The molecule has 3 rings (SSSR count). The second kappa shape index (κ2) is 27.7. The highest BCUT2D eigenvalue weighted by Gasteiger charge is 2.33. The van der Waals surface area contributed by atoms with Gasteiger partial charge in [0.2, 0.25) is 0 Å². The SMILES string of the molecule is [N-]=[N+]=NCCCCCCOc1cc2c(cc1OCCCCCCN=[N+]=[N-])C(=O)c1cc(OCCCCCCN=[N+]=[N-])c(OCCCCCCN=[N+]=[N-])cc1C2=O. The summed E-state index contributed by atoms with van der Waals surface area (Å²) in [5.41, 5.74) is 34.8. The number of fused-ring (bicyclic) bond motifs is 2. The van der Waals surface area contributed by atoms with Crippen LogP contribution in [-0.4, -0.2) is 64.2 Å². The molecule has 0 aromatic heterocycles. The Hall–Kier alpha value is -5.78. The number of hydrogen-bond donors (Lipinski definition) is 0. The Balaban J connectivity index is 1.80. The zero-order valence-corrected chi connectivity index (χ0v) is 32.1. The van der Waals surface area contributed by atoms with Gasteiger partial charge in [-0.2, -0.15) is 0 Å². The van der Waals surface area contributed by atoms with Crippen LogP contribution in [-0.2, 0) is 0 Å². The van der Waals surface area contributed by atoms with E-state index in [9.17, 15) is 9.59 Å². The molecule has 0 aliphatic heterocycles. The third-order valence-corrected chi connectivity index (χ3v) is 9.04. The molecule has 0 saturated heterocycles. The highest BCUT2D eigenvalue weighted by molar-refractivity contribution is 6.29. The second-order valence-corrected chi connectivity index (χ2v) is 13.2. The Kier molecular flexibility index (Phi) is 22.1. The highest BCUT2D eigenvalue weighted by atomic mass is 16.5. The van der Waals surface area contributed by atoms with E-state index in [4.69, 9.17) is 41.1 Å². The number of rotatable bonds is 32. The van der Waals surface area contributed by atoms with Crippen molar-refractivity contribution in [2.75, 3.05) is 52.6 Å². The van der Waals surface area contributed by atoms with Gasteiger partial charge in [0, 0.05) is 68.1 Å². The van der Waals surface area contributed by atoms with E-state index in [0.29, 0.717) is 75.6 Å². The summed E-state index contributed by atoms with van der Waals surface area (Å²) in [4.78, 5) is 39.4. The summed E-state index contributed by atoms with van der Waals surface area (Å²) in [6, 6.07) is 6.38. The van der Waals surface area contributed by atoms with Gasteiger partial charge in [-0.25, -0.2) is 0 Å². The molecule has 0 spiro atoms. The number of carbonyl (C=O) groups is 2. The number of nitrogens with zero attached hydrogens (tertiary/aromatic N) is 12. The molecule has 0 saturated carbocycles. The van der Waals surface area contributed by atoms with Crippen molar-refractivity contribution in [3.05, 3.63) is 88.3 Å². The molecule has 0 fully saturated rings. The summed E-state index contributed by atoms with van der Waals surface area (Å²) in [6.45, 7) is 3.27. The summed E-state index contributed by atoms with van der Waals surface area (Å²) in [7, 11) is 0. The standard InChI is InChI=1S/C38H52N12O6/c39-47-43-17-9-1-5-13-21-53-33-25-29-30(26-34(33)54-22-14-6-2-10-18-44-48-40)38(52)32-28-36(56-24-16-8-4-12-20-46-50-42)35(27-31(32)37(29)51)55-23-15-7-3-11-19-45-49-41/h25-28H,1-24H2. The van der Waals surface area contributed by atoms with E-state index in [1.165, 1.54) is 0 Å². The predicted molar refractivity (Wildman–Crippen MR) is 212 cm³/mol. The summed E-state index contributed by atoms with van der Waals surface area (Å²) < 4.78 is 24.6. The molecule has 0 amide bonds. The van der Waals surface area contributed by atoms with Gasteiger partial charge in [-0.05, 0) is 97.8 Å². The first-order valence-corrected chi connectivity index (χ1v) is 19.6. The molecule has 2 aromatic carbocycles. The average Bonchev–Trinajstić information content (AvgIpc) is 3.21. The minimum atomic E-state index is -0.335. The van der Waals surface area contributed by atoms with Gasteiger partial charge in [0.15, 0.2) is 34.6 Å². The van der Waals surface area contributed by atoms with Gasteiger partial charge in [0.25, 0.3) is 0 Å². The second-order valence-electron chi connectivity index (χ2n) is 13.2. The third-order valence-electron chi connectivity index (χ3n) is 9.04. The lowest BCUT2D eigenvalue weighted by atomic mass is 9.83. The molecule has 0 radical (unpaired) electrons. The van der Waals surface area contributed by atoms with Crippen molar-refractivity contribution in [3.63, 3.8) is 0 Å². The van der Waals surface area contributed by atoms with Gasteiger partial charge in [-0.15, -0.1) is 0 Å². The van der Waals surface area contributed by atoms with Crippen LogP contribution in [0.4, 0.5) is 0 Å². The van der Waals surface area contributed by atoms with Crippen LogP contribution in [0.1, 0.15) is 135 Å². The van der Waals surface area contributed by atoms with Crippen LogP contribution in [0.2, 0.25) is 0 Å². The Labute approximate surface area is 326 Å². The lowest BCUT2D eigenvalue weighted by Crippen LogP contribution is -2.22. The Morgan fingerprint density at radius 2 is 0.571 bits per heavy atom. The molecule has 0 bridgehead atoms.